The van der Waals surface area contributed by atoms with Gasteiger partial charge in [0.2, 0.25) is 0 Å². The molecule has 2 unspecified atom stereocenters. The highest BCUT2D eigenvalue weighted by Crippen LogP contribution is 2.38. The fourth-order valence-corrected chi connectivity index (χ4v) is 3.42. The molecule has 8 heteroatoms. The van der Waals surface area contributed by atoms with Gasteiger partial charge < -0.3 is 10.4 Å². The van der Waals surface area contributed by atoms with Crippen molar-refractivity contribution in [2.24, 2.45) is 13.0 Å². The smallest absolute Gasteiger partial charge is 0.314 e. The molecule has 1 aromatic rings. The lowest BCUT2D eigenvalue weighted by Gasteiger charge is -2.13. The van der Waals surface area contributed by atoms with Gasteiger partial charge in [-0.3, -0.25) is 9.48 Å². The fourth-order valence-electron chi connectivity index (χ4n) is 1.97. The third-order valence-corrected chi connectivity index (χ3v) is 4.22. The molecule has 2 rings (SSSR count). The molecule has 0 aliphatic carbocycles. The maximum atomic E-state index is 11.2. The number of aliphatic carboxylic acids is 1. The molecule has 1 saturated heterocycles. The summed E-state index contributed by atoms with van der Waals surface area (Å²) in [6.45, 7) is 0.458. The van der Waals surface area contributed by atoms with Crippen LogP contribution in [0.5, 0.6) is 0 Å². The highest BCUT2D eigenvalue weighted by Gasteiger charge is 2.41. The maximum absolute atomic E-state index is 11.2. The Balaban J connectivity index is 2.46. The van der Waals surface area contributed by atoms with Crippen LogP contribution in [0.3, 0.4) is 0 Å². The largest absolute Gasteiger partial charge is 0.481 e. The first kappa shape index (κ1) is 12.8. The van der Waals surface area contributed by atoms with Crippen LogP contribution in [-0.4, -0.2) is 32.4 Å². The summed E-state index contributed by atoms with van der Waals surface area (Å²) < 4.78 is 2.06. The Labute approximate surface area is 116 Å². The SMILES string of the molecule is Cn1nc(Br)c(C2CNC(=S)C2C(=O)O)c1Cl. The number of aryl methyl sites for hydroxylation is 1. The summed E-state index contributed by atoms with van der Waals surface area (Å²) in [5.41, 5.74) is 0.689. The van der Waals surface area contributed by atoms with Crippen LogP contribution in [0.15, 0.2) is 4.60 Å². The van der Waals surface area contributed by atoms with Gasteiger partial charge in [0.25, 0.3) is 0 Å². The topological polar surface area (TPSA) is 67.2 Å². The molecule has 0 radical (unpaired) electrons. The summed E-state index contributed by atoms with van der Waals surface area (Å²) in [6, 6.07) is 0. The highest BCUT2D eigenvalue weighted by molar-refractivity contribution is 9.10. The van der Waals surface area contributed by atoms with E-state index >= 15 is 0 Å². The van der Waals surface area contributed by atoms with Gasteiger partial charge in [-0.1, -0.05) is 23.8 Å². The van der Waals surface area contributed by atoms with Gasteiger partial charge in [0.1, 0.15) is 15.7 Å². The number of nitrogens with one attached hydrogen (secondary N) is 1. The minimum atomic E-state index is -0.947. The molecule has 2 N–H and O–H groups in total. The van der Waals surface area contributed by atoms with Crippen molar-refractivity contribution in [3.8, 4) is 0 Å². The van der Waals surface area contributed by atoms with Gasteiger partial charge in [-0.05, 0) is 15.9 Å². The van der Waals surface area contributed by atoms with Crippen molar-refractivity contribution in [3.63, 3.8) is 0 Å². The van der Waals surface area contributed by atoms with E-state index in [4.69, 9.17) is 23.8 Å². The average molecular weight is 339 g/mol. The number of carboxylic acid groups (broad SMARTS) is 1. The third kappa shape index (κ3) is 2.07. The minimum absolute atomic E-state index is 0.296. The Morgan fingerprint density at radius 2 is 2.41 bits per heavy atom. The normalized spacial score (nSPS) is 23.8. The van der Waals surface area contributed by atoms with Crippen LogP contribution in [0.4, 0.5) is 0 Å². The molecule has 1 aliphatic rings. The lowest BCUT2D eigenvalue weighted by molar-refractivity contribution is -0.139. The first-order valence-electron chi connectivity index (χ1n) is 4.82. The van der Waals surface area contributed by atoms with Crippen molar-refractivity contribution >= 4 is 50.7 Å². The van der Waals surface area contributed by atoms with Crippen molar-refractivity contribution in [1.82, 2.24) is 15.1 Å². The molecular weight excluding hydrogens is 330 g/mol. The lowest BCUT2D eigenvalue weighted by Crippen LogP contribution is -2.25. The zero-order valence-electron chi connectivity index (χ0n) is 8.78. The summed E-state index contributed by atoms with van der Waals surface area (Å²) in [4.78, 5) is 11.6. The van der Waals surface area contributed by atoms with Gasteiger partial charge in [0, 0.05) is 25.1 Å². The molecule has 0 bridgehead atoms. The number of nitrogens with zero attached hydrogens (tertiary/aromatic N) is 2. The molecule has 1 aliphatic heterocycles. The van der Waals surface area contributed by atoms with Crippen LogP contribution in [0.1, 0.15) is 11.5 Å². The van der Waals surface area contributed by atoms with E-state index in [9.17, 15) is 9.90 Å². The number of aromatic nitrogens is 2. The number of hydrogen-bond acceptors (Lipinski definition) is 3. The number of carboxylic acids is 1. The number of thiocarbonyl (C=S) groups is 1. The standard InChI is InChI=1S/C9H9BrClN3O2S/c1-14-7(11)4(6(10)13-14)3-2-12-8(17)5(3)9(15)16/h3,5H,2H2,1H3,(H,12,17)(H,15,16). The lowest BCUT2D eigenvalue weighted by atomic mass is 9.91. The molecule has 0 aromatic carbocycles. The zero-order chi connectivity index (χ0) is 12.7. The third-order valence-electron chi connectivity index (χ3n) is 2.78. The molecule has 1 fully saturated rings. The second-order valence-electron chi connectivity index (χ2n) is 3.79. The highest BCUT2D eigenvalue weighted by atomic mass is 79.9. The second kappa shape index (κ2) is 4.55. The van der Waals surface area contributed by atoms with Crippen LogP contribution in [0, 0.1) is 5.92 Å². The molecular formula is C9H9BrClN3O2S. The van der Waals surface area contributed by atoms with Crippen molar-refractivity contribution < 1.29 is 9.90 Å². The molecule has 2 heterocycles. The Hall–Kier alpha value is -0.660. The van der Waals surface area contributed by atoms with Crippen LogP contribution in [-0.2, 0) is 11.8 Å². The number of halogens is 2. The molecule has 0 spiro atoms. The van der Waals surface area contributed by atoms with Crippen LogP contribution < -0.4 is 5.32 Å². The molecule has 5 nitrogen and oxygen atoms in total. The number of carbonyl (C=O) groups is 1. The zero-order valence-corrected chi connectivity index (χ0v) is 11.9. The van der Waals surface area contributed by atoms with E-state index < -0.39 is 11.9 Å². The van der Waals surface area contributed by atoms with Crippen molar-refractivity contribution in [2.45, 2.75) is 5.92 Å². The van der Waals surface area contributed by atoms with Gasteiger partial charge in [0.05, 0.1) is 4.99 Å². The van der Waals surface area contributed by atoms with Crippen molar-refractivity contribution in [1.29, 1.82) is 0 Å². The maximum Gasteiger partial charge on any atom is 0.314 e. The van der Waals surface area contributed by atoms with Crippen molar-refractivity contribution in [3.05, 3.63) is 15.3 Å². The average Bonchev–Trinajstić information content (AvgIpc) is 2.70. The summed E-state index contributed by atoms with van der Waals surface area (Å²) in [5, 5.41) is 16.6. The van der Waals surface area contributed by atoms with Gasteiger partial charge in [-0.2, -0.15) is 5.10 Å². The number of hydrogen-bond donors (Lipinski definition) is 2. The van der Waals surface area contributed by atoms with Gasteiger partial charge in [0.15, 0.2) is 0 Å². The van der Waals surface area contributed by atoms with E-state index in [1.807, 2.05) is 0 Å². The van der Waals surface area contributed by atoms with E-state index in [1.54, 1.807) is 7.05 Å². The Morgan fingerprint density at radius 1 is 1.76 bits per heavy atom. The molecule has 0 saturated carbocycles. The van der Waals surface area contributed by atoms with E-state index in [2.05, 4.69) is 26.3 Å². The van der Waals surface area contributed by atoms with E-state index in [0.717, 1.165) is 0 Å². The predicted octanol–water partition coefficient (Wildman–Crippen LogP) is 1.55. The van der Waals surface area contributed by atoms with Gasteiger partial charge in [-0.15, -0.1) is 0 Å². The summed E-state index contributed by atoms with van der Waals surface area (Å²) in [6.07, 6.45) is 0. The summed E-state index contributed by atoms with van der Waals surface area (Å²) in [5.74, 6) is -1.99. The summed E-state index contributed by atoms with van der Waals surface area (Å²) >= 11 is 14.4. The summed E-state index contributed by atoms with van der Waals surface area (Å²) in [7, 11) is 1.70. The monoisotopic (exact) mass is 337 g/mol. The Bertz CT molecular complexity index is 505. The molecule has 2 atom stereocenters. The second-order valence-corrected chi connectivity index (χ2v) is 5.34. The van der Waals surface area contributed by atoms with Crippen LogP contribution >= 0.6 is 39.7 Å². The van der Waals surface area contributed by atoms with Crippen LogP contribution in [0.25, 0.3) is 0 Å². The van der Waals surface area contributed by atoms with Crippen LogP contribution in [0.2, 0.25) is 5.15 Å². The first-order valence-corrected chi connectivity index (χ1v) is 6.39. The van der Waals surface area contributed by atoms with E-state index in [0.29, 0.717) is 26.9 Å². The Kier molecular flexibility index (Phi) is 3.42. The first-order chi connectivity index (χ1) is 7.93. The van der Waals surface area contributed by atoms with E-state index in [1.165, 1.54) is 4.68 Å². The number of rotatable bonds is 2. The van der Waals surface area contributed by atoms with Gasteiger partial charge in [-0.25, -0.2) is 0 Å². The molecule has 17 heavy (non-hydrogen) atoms. The molecule has 92 valence electrons. The predicted molar refractivity (Wildman–Crippen MR) is 70.4 cm³/mol. The quantitative estimate of drug-likeness (QED) is 0.801. The van der Waals surface area contributed by atoms with Gasteiger partial charge >= 0.3 is 5.97 Å². The van der Waals surface area contributed by atoms with Crippen molar-refractivity contribution in [2.75, 3.05) is 6.54 Å². The molecule has 0 amide bonds. The fraction of sp³-hybridized carbons (Fsp3) is 0.444. The Morgan fingerprint density at radius 3 is 2.88 bits per heavy atom. The molecule has 1 aromatic heterocycles. The minimum Gasteiger partial charge on any atom is -0.481 e. The van der Waals surface area contributed by atoms with E-state index in [-0.39, 0.29) is 5.92 Å².